The molecule has 4 aromatic rings. The van der Waals surface area contributed by atoms with Crippen LogP contribution in [0.15, 0.2) is 108 Å². The third kappa shape index (κ3) is 6.18. The van der Waals surface area contributed by atoms with Crippen molar-refractivity contribution in [2.75, 3.05) is 5.32 Å². The summed E-state index contributed by atoms with van der Waals surface area (Å²) in [6.07, 6.45) is 6.39. The summed E-state index contributed by atoms with van der Waals surface area (Å²) in [5.74, 6) is 0.112. The topological polar surface area (TPSA) is 93.5 Å². The average molecular weight is 439 g/mol. The van der Waals surface area contributed by atoms with Gasteiger partial charge in [-0.3, -0.25) is 14.6 Å². The highest BCUT2D eigenvalue weighted by molar-refractivity contribution is 6.10. The second-order valence-corrected chi connectivity index (χ2v) is 7.03. The first kappa shape index (κ1) is 21.6. The third-order valence-corrected chi connectivity index (χ3v) is 4.58. The van der Waals surface area contributed by atoms with E-state index in [4.69, 9.17) is 9.15 Å². The van der Waals surface area contributed by atoms with Crippen molar-refractivity contribution in [3.05, 3.63) is 120 Å². The van der Waals surface area contributed by atoms with Crippen LogP contribution >= 0.6 is 0 Å². The summed E-state index contributed by atoms with van der Waals surface area (Å²) in [5, 5.41) is 5.46. The molecule has 0 aliphatic heterocycles. The van der Waals surface area contributed by atoms with Gasteiger partial charge < -0.3 is 19.8 Å². The first-order chi connectivity index (χ1) is 16.2. The molecular weight excluding hydrogens is 418 g/mol. The molecule has 2 amide bonds. The van der Waals surface area contributed by atoms with Gasteiger partial charge in [-0.1, -0.05) is 30.3 Å². The maximum absolute atomic E-state index is 13.0. The van der Waals surface area contributed by atoms with Gasteiger partial charge >= 0.3 is 0 Å². The predicted octanol–water partition coefficient (Wildman–Crippen LogP) is 4.66. The van der Waals surface area contributed by atoms with Crippen LogP contribution in [0.2, 0.25) is 0 Å². The lowest BCUT2D eigenvalue weighted by atomic mass is 10.2. The molecular formula is C26H21N3O4. The maximum atomic E-state index is 13.0. The van der Waals surface area contributed by atoms with E-state index in [2.05, 4.69) is 15.6 Å². The fraction of sp³-hybridized carbons (Fsp3) is 0.0385. The molecule has 2 N–H and O–H groups in total. The molecule has 33 heavy (non-hydrogen) atoms. The van der Waals surface area contributed by atoms with Crippen LogP contribution < -0.4 is 15.4 Å². The minimum absolute atomic E-state index is 0.0421. The summed E-state index contributed by atoms with van der Waals surface area (Å²) in [6.45, 7) is 0.349. The number of anilines is 1. The second-order valence-electron chi connectivity index (χ2n) is 7.03. The SMILES string of the molecule is O=C(Nc1cccc(OCc2cccnc2)c1)C(=Cc1ccco1)NC(=O)c1ccccc1. The Morgan fingerprint density at radius 3 is 2.61 bits per heavy atom. The Morgan fingerprint density at radius 1 is 0.970 bits per heavy atom. The summed E-state index contributed by atoms with van der Waals surface area (Å²) in [7, 11) is 0. The summed E-state index contributed by atoms with van der Waals surface area (Å²) in [6, 6.07) is 22.8. The van der Waals surface area contributed by atoms with E-state index in [0.29, 0.717) is 29.4 Å². The van der Waals surface area contributed by atoms with Gasteiger partial charge in [0.25, 0.3) is 11.8 Å². The average Bonchev–Trinajstić information content (AvgIpc) is 3.37. The van der Waals surface area contributed by atoms with Gasteiger partial charge in [0.15, 0.2) is 0 Å². The van der Waals surface area contributed by atoms with Crippen LogP contribution in [0, 0.1) is 0 Å². The molecule has 0 unspecified atom stereocenters. The Balaban J connectivity index is 1.48. The molecule has 7 heteroatoms. The van der Waals surface area contributed by atoms with Crippen molar-refractivity contribution in [1.82, 2.24) is 10.3 Å². The third-order valence-electron chi connectivity index (χ3n) is 4.58. The van der Waals surface area contributed by atoms with Gasteiger partial charge in [-0.2, -0.15) is 0 Å². The molecule has 0 aliphatic rings. The second kappa shape index (κ2) is 10.6. The van der Waals surface area contributed by atoms with Crippen molar-refractivity contribution in [3.63, 3.8) is 0 Å². The van der Waals surface area contributed by atoms with Gasteiger partial charge in [-0.25, -0.2) is 0 Å². The fourth-order valence-electron chi connectivity index (χ4n) is 2.97. The largest absolute Gasteiger partial charge is 0.489 e. The van der Waals surface area contributed by atoms with Crippen LogP contribution in [-0.2, 0) is 11.4 Å². The quantitative estimate of drug-likeness (QED) is 0.390. The van der Waals surface area contributed by atoms with E-state index in [9.17, 15) is 9.59 Å². The normalized spacial score (nSPS) is 11.0. The monoisotopic (exact) mass is 439 g/mol. The smallest absolute Gasteiger partial charge is 0.272 e. The molecule has 4 rings (SSSR count). The fourth-order valence-corrected chi connectivity index (χ4v) is 2.97. The van der Waals surface area contributed by atoms with E-state index >= 15 is 0 Å². The predicted molar refractivity (Wildman–Crippen MR) is 124 cm³/mol. The van der Waals surface area contributed by atoms with Crippen molar-refractivity contribution in [3.8, 4) is 5.75 Å². The first-order valence-electron chi connectivity index (χ1n) is 10.2. The van der Waals surface area contributed by atoms with Crippen LogP contribution in [0.1, 0.15) is 21.7 Å². The summed E-state index contributed by atoms with van der Waals surface area (Å²) < 4.78 is 11.1. The van der Waals surface area contributed by atoms with Gasteiger partial charge in [0.05, 0.1) is 6.26 Å². The van der Waals surface area contributed by atoms with Crippen LogP contribution in [0.4, 0.5) is 5.69 Å². The molecule has 164 valence electrons. The zero-order valence-electron chi connectivity index (χ0n) is 17.6. The molecule has 7 nitrogen and oxygen atoms in total. The van der Waals surface area contributed by atoms with Crippen molar-refractivity contribution < 1.29 is 18.7 Å². The highest BCUT2D eigenvalue weighted by atomic mass is 16.5. The Hall–Kier alpha value is -4.65. The first-order valence-corrected chi connectivity index (χ1v) is 10.2. The standard InChI is InChI=1S/C26H21N3O4/c30-25(20-8-2-1-3-9-20)29-24(16-23-12-6-14-32-23)26(31)28-21-10-4-11-22(15-21)33-18-19-7-5-13-27-17-19/h1-17H,18H2,(H,28,31)(H,29,30). The number of rotatable bonds is 8. The number of furan rings is 1. The summed E-state index contributed by atoms with van der Waals surface area (Å²) in [5.41, 5.74) is 1.92. The van der Waals surface area contributed by atoms with Gasteiger partial charge in [-0.15, -0.1) is 0 Å². The van der Waals surface area contributed by atoms with Crippen molar-refractivity contribution in [2.24, 2.45) is 0 Å². The minimum atomic E-state index is -0.500. The highest BCUT2D eigenvalue weighted by Gasteiger charge is 2.16. The van der Waals surface area contributed by atoms with Gasteiger partial charge in [0.2, 0.25) is 0 Å². The summed E-state index contributed by atoms with van der Waals surface area (Å²) in [4.78, 5) is 29.7. The van der Waals surface area contributed by atoms with E-state index in [1.54, 1.807) is 73.1 Å². The number of hydrogen-bond donors (Lipinski definition) is 2. The number of hydrogen-bond acceptors (Lipinski definition) is 5. The highest BCUT2D eigenvalue weighted by Crippen LogP contribution is 2.19. The van der Waals surface area contributed by atoms with E-state index in [-0.39, 0.29) is 5.70 Å². The van der Waals surface area contributed by atoms with E-state index < -0.39 is 11.8 Å². The molecule has 0 saturated heterocycles. The number of pyridine rings is 1. The molecule has 0 fully saturated rings. The molecule has 2 heterocycles. The van der Waals surface area contributed by atoms with Crippen molar-refractivity contribution in [1.29, 1.82) is 0 Å². The number of nitrogens with zero attached hydrogens (tertiary/aromatic N) is 1. The molecule has 0 saturated carbocycles. The molecule has 0 spiro atoms. The van der Waals surface area contributed by atoms with Gasteiger partial charge in [-0.05, 0) is 42.5 Å². The van der Waals surface area contributed by atoms with E-state index in [1.165, 1.54) is 12.3 Å². The lowest BCUT2D eigenvalue weighted by Gasteiger charge is -2.12. The Bertz CT molecular complexity index is 1240. The molecule has 0 radical (unpaired) electrons. The van der Waals surface area contributed by atoms with E-state index in [0.717, 1.165) is 5.56 Å². The molecule has 2 aromatic carbocycles. The summed E-state index contributed by atoms with van der Waals surface area (Å²) >= 11 is 0. The number of ether oxygens (including phenoxy) is 1. The Kier molecular flexibility index (Phi) is 6.92. The Morgan fingerprint density at radius 2 is 1.85 bits per heavy atom. The van der Waals surface area contributed by atoms with Gasteiger partial charge in [0, 0.05) is 41.4 Å². The molecule has 2 aromatic heterocycles. The Labute approximate surface area is 190 Å². The lowest BCUT2D eigenvalue weighted by molar-refractivity contribution is -0.113. The number of aromatic nitrogens is 1. The van der Waals surface area contributed by atoms with Crippen molar-refractivity contribution >= 4 is 23.6 Å². The molecule has 0 bridgehead atoms. The van der Waals surface area contributed by atoms with Crippen LogP contribution in [0.3, 0.4) is 0 Å². The zero-order chi connectivity index (χ0) is 22.9. The lowest BCUT2D eigenvalue weighted by Crippen LogP contribution is -2.30. The van der Waals surface area contributed by atoms with Gasteiger partial charge in [0.1, 0.15) is 23.8 Å². The maximum Gasteiger partial charge on any atom is 0.272 e. The number of carbonyl (C=O) groups excluding carboxylic acids is 2. The van der Waals surface area contributed by atoms with Crippen LogP contribution in [0.5, 0.6) is 5.75 Å². The van der Waals surface area contributed by atoms with E-state index in [1.807, 2.05) is 18.2 Å². The molecule has 0 atom stereocenters. The zero-order valence-corrected chi connectivity index (χ0v) is 17.6. The number of benzene rings is 2. The number of carbonyl (C=O) groups is 2. The number of amides is 2. The van der Waals surface area contributed by atoms with Crippen LogP contribution in [-0.4, -0.2) is 16.8 Å². The molecule has 0 aliphatic carbocycles. The minimum Gasteiger partial charge on any atom is -0.489 e. The number of nitrogens with one attached hydrogen (secondary N) is 2. The van der Waals surface area contributed by atoms with Crippen molar-refractivity contribution in [2.45, 2.75) is 6.61 Å². The van der Waals surface area contributed by atoms with Crippen LogP contribution in [0.25, 0.3) is 6.08 Å².